The van der Waals surface area contributed by atoms with E-state index in [9.17, 15) is 14.9 Å². The molecule has 7 nitrogen and oxygen atoms in total. The molecule has 1 aliphatic heterocycles. The van der Waals surface area contributed by atoms with Crippen LogP contribution in [0.4, 0.5) is 0 Å². The summed E-state index contributed by atoms with van der Waals surface area (Å²) in [6.07, 6.45) is 3.58. The Balaban J connectivity index is 1.65. The van der Waals surface area contributed by atoms with Gasteiger partial charge in [-0.25, -0.2) is 4.68 Å². The summed E-state index contributed by atoms with van der Waals surface area (Å²) in [5.41, 5.74) is 5.39. The van der Waals surface area contributed by atoms with Gasteiger partial charge >= 0.3 is 0 Å². The van der Waals surface area contributed by atoms with Crippen molar-refractivity contribution in [1.82, 2.24) is 14.7 Å². The van der Waals surface area contributed by atoms with Crippen molar-refractivity contribution in [2.24, 2.45) is 0 Å². The number of nitrogens with zero attached hydrogens (tertiary/aromatic N) is 4. The second kappa shape index (κ2) is 11.3. The average Bonchev–Trinajstić information content (AvgIpc) is 3.40. The lowest BCUT2D eigenvalue weighted by Gasteiger charge is -2.27. The van der Waals surface area contributed by atoms with Gasteiger partial charge in [0.1, 0.15) is 17.4 Å². The molecule has 0 saturated heterocycles. The standard InChI is InChI=1S/C33H28N4O3/c1-4-40-30-16-15-25(17-22(30)2)31-26(21-37(35-31)27-13-9-6-10-14-27)18-28-23(3)29(19-34)33(39)36(32(28)38)20-24-11-7-5-8-12-24/h5-18,21H,4,20H2,1-3H3/b28-18+. The Kier molecular flexibility index (Phi) is 7.43. The second-order valence-electron chi connectivity index (χ2n) is 9.48. The normalized spacial score (nSPS) is 14.6. The van der Waals surface area contributed by atoms with Crippen molar-refractivity contribution in [2.45, 2.75) is 27.3 Å². The molecule has 4 aromatic rings. The average molecular weight is 529 g/mol. The van der Waals surface area contributed by atoms with Crippen LogP contribution in [0.15, 0.2) is 102 Å². The highest BCUT2D eigenvalue weighted by atomic mass is 16.5. The molecule has 0 aliphatic carbocycles. The number of hydrogen-bond donors (Lipinski definition) is 0. The van der Waals surface area contributed by atoms with Crippen molar-refractivity contribution >= 4 is 17.9 Å². The number of ether oxygens (including phenoxy) is 1. The molecule has 7 heteroatoms. The first kappa shape index (κ1) is 26.4. The van der Waals surface area contributed by atoms with E-state index in [1.54, 1.807) is 17.7 Å². The van der Waals surface area contributed by atoms with Crippen molar-refractivity contribution in [2.75, 3.05) is 6.61 Å². The van der Waals surface area contributed by atoms with Crippen molar-refractivity contribution in [1.29, 1.82) is 5.26 Å². The summed E-state index contributed by atoms with van der Waals surface area (Å²) in [6.45, 7) is 6.19. The number of hydrogen-bond acceptors (Lipinski definition) is 5. The maximum absolute atomic E-state index is 13.8. The Labute approximate surface area is 233 Å². The highest BCUT2D eigenvalue weighted by molar-refractivity contribution is 6.19. The maximum Gasteiger partial charge on any atom is 0.271 e. The number of carbonyl (C=O) groups excluding carboxylic acids is 2. The summed E-state index contributed by atoms with van der Waals surface area (Å²) in [5.74, 6) is -0.247. The first-order valence-electron chi connectivity index (χ1n) is 13.0. The Morgan fingerprint density at radius 3 is 2.30 bits per heavy atom. The van der Waals surface area contributed by atoms with Crippen LogP contribution in [-0.4, -0.2) is 33.1 Å². The van der Waals surface area contributed by atoms with Crippen LogP contribution < -0.4 is 4.74 Å². The second-order valence-corrected chi connectivity index (χ2v) is 9.48. The highest BCUT2D eigenvalue weighted by Gasteiger charge is 2.35. The van der Waals surface area contributed by atoms with Gasteiger partial charge in [-0.05, 0) is 73.9 Å². The van der Waals surface area contributed by atoms with Crippen LogP contribution in [-0.2, 0) is 16.1 Å². The van der Waals surface area contributed by atoms with Crippen molar-refractivity contribution in [3.05, 3.63) is 118 Å². The summed E-state index contributed by atoms with van der Waals surface area (Å²) < 4.78 is 7.48. The molecule has 40 heavy (non-hydrogen) atoms. The molecule has 1 aromatic heterocycles. The topological polar surface area (TPSA) is 88.2 Å². The molecule has 5 rings (SSSR count). The molecule has 0 spiro atoms. The summed E-state index contributed by atoms with van der Waals surface area (Å²) in [5, 5.41) is 14.7. The van der Waals surface area contributed by atoms with E-state index in [1.807, 2.05) is 105 Å². The minimum Gasteiger partial charge on any atom is -0.494 e. The van der Waals surface area contributed by atoms with E-state index in [0.717, 1.165) is 33.0 Å². The zero-order chi connectivity index (χ0) is 28.2. The van der Waals surface area contributed by atoms with Crippen molar-refractivity contribution < 1.29 is 14.3 Å². The Hall–Kier alpha value is -5.22. The minimum absolute atomic E-state index is 0.0457. The third-order valence-electron chi connectivity index (χ3n) is 6.82. The van der Waals surface area contributed by atoms with Crippen LogP contribution in [0, 0.1) is 18.3 Å². The van der Waals surface area contributed by atoms with Gasteiger partial charge in [0.05, 0.1) is 24.5 Å². The van der Waals surface area contributed by atoms with Gasteiger partial charge in [-0.15, -0.1) is 0 Å². The molecule has 0 fully saturated rings. The number of carbonyl (C=O) groups is 2. The van der Waals surface area contributed by atoms with Crippen molar-refractivity contribution in [3.8, 4) is 28.8 Å². The van der Waals surface area contributed by atoms with E-state index < -0.39 is 11.8 Å². The molecule has 2 heterocycles. The van der Waals surface area contributed by atoms with Crippen LogP contribution >= 0.6 is 0 Å². The molecule has 0 N–H and O–H groups in total. The summed E-state index contributed by atoms with van der Waals surface area (Å²) in [6, 6.07) is 26.8. The van der Waals surface area contributed by atoms with Gasteiger partial charge < -0.3 is 4.74 Å². The fourth-order valence-electron chi connectivity index (χ4n) is 4.74. The fraction of sp³-hybridized carbons (Fsp3) is 0.152. The first-order chi connectivity index (χ1) is 19.4. The zero-order valence-corrected chi connectivity index (χ0v) is 22.6. The highest BCUT2D eigenvalue weighted by Crippen LogP contribution is 2.33. The van der Waals surface area contributed by atoms with Crippen LogP contribution in [0.25, 0.3) is 23.0 Å². The molecule has 198 valence electrons. The van der Waals surface area contributed by atoms with E-state index in [2.05, 4.69) is 0 Å². The smallest absolute Gasteiger partial charge is 0.271 e. The van der Waals surface area contributed by atoms with Crippen LogP contribution in [0.5, 0.6) is 5.75 Å². The third-order valence-corrected chi connectivity index (χ3v) is 6.82. The molecule has 1 aliphatic rings. The molecule has 0 unspecified atom stereocenters. The summed E-state index contributed by atoms with van der Waals surface area (Å²) >= 11 is 0. The van der Waals surface area contributed by atoms with Crippen LogP contribution in [0.1, 0.15) is 30.5 Å². The fourth-order valence-corrected chi connectivity index (χ4v) is 4.74. The largest absolute Gasteiger partial charge is 0.494 e. The van der Waals surface area contributed by atoms with E-state index >= 15 is 0 Å². The van der Waals surface area contributed by atoms with Gasteiger partial charge in [0.15, 0.2) is 0 Å². The SMILES string of the molecule is CCOc1ccc(-c2nn(-c3ccccc3)cc2/C=C2/C(=O)N(Cc3ccccc3)C(=O)C(C#N)=C2C)cc1C. The number of aryl methyl sites for hydroxylation is 1. The van der Waals surface area contributed by atoms with E-state index in [-0.39, 0.29) is 17.7 Å². The Bertz CT molecular complexity index is 1690. The number of amides is 2. The van der Waals surface area contributed by atoms with Gasteiger partial charge in [-0.2, -0.15) is 10.4 Å². The van der Waals surface area contributed by atoms with Crippen LogP contribution in [0.2, 0.25) is 0 Å². The van der Waals surface area contributed by atoms with Crippen molar-refractivity contribution in [3.63, 3.8) is 0 Å². The minimum atomic E-state index is -0.589. The van der Waals surface area contributed by atoms with E-state index in [1.165, 1.54) is 0 Å². The van der Waals surface area contributed by atoms with Gasteiger partial charge in [-0.1, -0.05) is 48.5 Å². The molecular formula is C33H28N4O3. The lowest BCUT2D eigenvalue weighted by Crippen LogP contribution is -2.42. The predicted molar refractivity (Wildman–Crippen MR) is 153 cm³/mol. The Morgan fingerprint density at radius 2 is 1.65 bits per heavy atom. The number of rotatable bonds is 7. The number of aromatic nitrogens is 2. The number of imide groups is 1. The molecule has 0 radical (unpaired) electrons. The molecule has 0 atom stereocenters. The Morgan fingerprint density at radius 1 is 0.950 bits per heavy atom. The molecule has 0 saturated carbocycles. The van der Waals surface area contributed by atoms with E-state index in [4.69, 9.17) is 9.84 Å². The summed E-state index contributed by atoms with van der Waals surface area (Å²) in [7, 11) is 0. The van der Waals surface area contributed by atoms with Gasteiger partial charge in [0.25, 0.3) is 11.8 Å². The molecule has 0 bridgehead atoms. The van der Waals surface area contributed by atoms with Gasteiger partial charge in [-0.3, -0.25) is 14.5 Å². The number of benzene rings is 3. The predicted octanol–water partition coefficient (Wildman–Crippen LogP) is 6.04. The summed E-state index contributed by atoms with van der Waals surface area (Å²) in [4.78, 5) is 28.0. The lowest BCUT2D eigenvalue weighted by atomic mass is 9.93. The number of para-hydroxylation sites is 1. The maximum atomic E-state index is 13.8. The monoisotopic (exact) mass is 528 g/mol. The zero-order valence-electron chi connectivity index (χ0n) is 22.6. The number of nitriles is 1. The van der Waals surface area contributed by atoms with E-state index in [0.29, 0.717) is 23.4 Å². The quantitative estimate of drug-likeness (QED) is 0.216. The molecule has 2 amide bonds. The first-order valence-corrected chi connectivity index (χ1v) is 13.0. The lowest BCUT2D eigenvalue weighted by molar-refractivity contribution is -0.141. The third kappa shape index (κ3) is 5.07. The molecular weight excluding hydrogens is 500 g/mol. The van der Waals surface area contributed by atoms with Gasteiger partial charge in [0.2, 0.25) is 0 Å². The molecule has 3 aromatic carbocycles. The van der Waals surface area contributed by atoms with Crippen LogP contribution in [0.3, 0.4) is 0 Å². The van der Waals surface area contributed by atoms with Gasteiger partial charge in [0, 0.05) is 22.9 Å².